The second-order valence-electron chi connectivity index (χ2n) is 7.13. The molecule has 0 radical (unpaired) electrons. The van der Waals surface area contributed by atoms with Crippen molar-refractivity contribution in [3.05, 3.63) is 71.9 Å². The van der Waals surface area contributed by atoms with Crippen LogP contribution in [0.4, 0.5) is 0 Å². The Hall–Kier alpha value is -3.89. The van der Waals surface area contributed by atoms with Gasteiger partial charge in [0.25, 0.3) is 0 Å². The summed E-state index contributed by atoms with van der Waals surface area (Å²) in [6, 6.07) is 18.9. The van der Waals surface area contributed by atoms with Gasteiger partial charge in [-0.05, 0) is 48.9 Å². The molecule has 0 saturated heterocycles. The number of methoxy groups -OCH3 is 1. The van der Waals surface area contributed by atoms with E-state index in [4.69, 9.17) is 19.5 Å². The average Bonchev–Trinajstić information content (AvgIpc) is 3.22. The summed E-state index contributed by atoms with van der Waals surface area (Å²) in [4.78, 5) is 12.2. The molecule has 0 aliphatic rings. The van der Waals surface area contributed by atoms with E-state index in [1.807, 2.05) is 49.4 Å². The van der Waals surface area contributed by atoms with E-state index in [-0.39, 0.29) is 6.10 Å². The van der Waals surface area contributed by atoms with E-state index in [1.54, 1.807) is 25.4 Å². The number of hydrogen-bond acceptors (Lipinski definition) is 6. The van der Waals surface area contributed by atoms with Gasteiger partial charge >= 0.3 is 0 Å². The number of H-pyrrole nitrogens is 1. The summed E-state index contributed by atoms with van der Waals surface area (Å²) in [5, 5.41) is 8.95. The van der Waals surface area contributed by atoms with Gasteiger partial charge in [-0.1, -0.05) is 12.1 Å². The normalized spacial score (nSPS) is 11.8. The first-order valence-electron chi connectivity index (χ1n) is 9.88. The molecule has 4 aromatic rings. The summed E-state index contributed by atoms with van der Waals surface area (Å²) in [5.74, 6) is 1.99. The summed E-state index contributed by atoms with van der Waals surface area (Å²) in [5.41, 5.74) is 3.92. The monoisotopic (exact) mass is 414 g/mol. The number of fused-ring (bicyclic) bond motifs is 1. The Morgan fingerprint density at radius 1 is 1.10 bits per heavy atom. The molecule has 31 heavy (non-hydrogen) atoms. The number of imidazole rings is 1. The van der Waals surface area contributed by atoms with Gasteiger partial charge in [0.15, 0.2) is 5.65 Å². The molecule has 0 fully saturated rings. The molecule has 1 N–H and O–H groups in total. The zero-order valence-corrected chi connectivity index (χ0v) is 17.3. The van der Waals surface area contributed by atoms with Crippen LogP contribution in [-0.2, 0) is 11.3 Å². The lowest BCUT2D eigenvalue weighted by Gasteiger charge is -2.16. The van der Waals surface area contributed by atoms with Crippen LogP contribution >= 0.6 is 0 Å². The molecule has 156 valence electrons. The molecule has 7 nitrogen and oxygen atoms in total. The summed E-state index contributed by atoms with van der Waals surface area (Å²) in [6.07, 6.45) is 1.59. The molecule has 2 aromatic carbocycles. The number of benzene rings is 2. The van der Waals surface area contributed by atoms with Crippen LogP contribution in [0.2, 0.25) is 0 Å². The lowest BCUT2D eigenvalue weighted by atomic mass is 10.1. The largest absolute Gasteiger partial charge is 0.489 e. The van der Waals surface area contributed by atoms with E-state index in [0.717, 1.165) is 16.6 Å². The molecule has 0 aliphatic carbocycles. The third-order valence-corrected chi connectivity index (χ3v) is 4.64. The van der Waals surface area contributed by atoms with E-state index in [2.05, 4.69) is 21.0 Å². The number of aromatic nitrogens is 3. The first kappa shape index (κ1) is 20.4. The smallest absolute Gasteiger partial charge is 0.178 e. The molecule has 0 bridgehead atoms. The molecule has 4 rings (SSSR count). The van der Waals surface area contributed by atoms with Crippen LogP contribution in [0.3, 0.4) is 0 Å². The lowest BCUT2D eigenvalue weighted by molar-refractivity contribution is 0.0919. The Balaban J connectivity index is 1.62. The zero-order valence-electron chi connectivity index (χ0n) is 17.3. The first-order chi connectivity index (χ1) is 15.1. The van der Waals surface area contributed by atoms with E-state index in [1.165, 1.54) is 0 Å². The van der Waals surface area contributed by atoms with Crippen molar-refractivity contribution in [1.29, 1.82) is 5.26 Å². The maximum Gasteiger partial charge on any atom is 0.178 e. The van der Waals surface area contributed by atoms with Crippen LogP contribution in [0, 0.1) is 11.3 Å². The Morgan fingerprint density at radius 2 is 1.90 bits per heavy atom. The Kier molecular flexibility index (Phi) is 6.11. The van der Waals surface area contributed by atoms with Gasteiger partial charge in [-0.15, -0.1) is 0 Å². The van der Waals surface area contributed by atoms with E-state index in [9.17, 15) is 0 Å². The van der Waals surface area contributed by atoms with Gasteiger partial charge in [0.2, 0.25) is 0 Å². The highest BCUT2D eigenvalue weighted by Gasteiger charge is 2.12. The number of pyridine rings is 1. The highest BCUT2D eigenvalue weighted by molar-refractivity contribution is 5.76. The molecule has 0 saturated carbocycles. The van der Waals surface area contributed by atoms with Crippen molar-refractivity contribution >= 4 is 11.2 Å². The van der Waals surface area contributed by atoms with Crippen molar-refractivity contribution in [3.8, 4) is 29.0 Å². The van der Waals surface area contributed by atoms with Crippen LogP contribution in [0.15, 0.2) is 60.8 Å². The number of nitrogens with zero attached hydrogens (tertiary/aromatic N) is 3. The molecule has 0 spiro atoms. The summed E-state index contributed by atoms with van der Waals surface area (Å²) in [6.45, 7) is 2.78. The lowest BCUT2D eigenvalue weighted by Crippen LogP contribution is -2.18. The molecule has 0 unspecified atom stereocenters. The van der Waals surface area contributed by atoms with Crippen molar-refractivity contribution in [2.45, 2.75) is 19.6 Å². The van der Waals surface area contributed by atoms with Gasteiger partial charge in [0.05, 0.1) is 23.8 Å². The standard InChI is InChI=1S/C24H22N4O3/c1-16(14-29-2)31-21-11-19(23-27-22-4-3-9-26-24(22)28-23)10-20(12-21)30-15-18-7-5-17(13-25)6-8-18/h3-12,16H,14-15H2,1-2H3,(H,26,27,28)/t16-/m0/s1. The average molecular weight is 414 g/mol. The number of nitriles is 1. The molecule has 7 heteroatoms. The highest BCUT2D eigenvalue weighted by Crippen LogP contribution is 2.30. The molecule has 0 amide bonds. The van der Waals surface area contributed by atoms with Crippen LogP contribution in [0.5, 0.6) is 11.5 Å². The molecule has 1 atom stereocenters. The maximum absolute atomic E-state index is 8.95. The fourth-order valence-corrected chi connectivity index (χ4v) is 3.18. The minimum absolute atomic E-state index is 0.121. The third kappa shape index (κ3) is 5.00. The highest BCUT2D eigenvalue weighted by atomic mass is 16.5. The van der Waals surface area contributed by atoms with Gasteiger partial charge in [-0.3, -0.25) is 0 Å². The van der Waals surface area contributed by atoms with Crippen molar-refractivity contribution in [1.82, 2.24) is 15.0 Å². The second-order valence-corrected chi connectivity index (χ2v) is 7.13. The predicted molar refractivity (Wildman–Crippen MR) is 117 cm³/mol. The second kappa shape index (κ2) is 9.28. The molecule has 0 aliphatic heterocycles. The minimum Gasteiger partial charge on any atom is -0.489 e. The number of ether oxygens (including phenoxy) is 3. The molecular weight excluding hydrogens is 392 g/mol. The Bertz CT molecular complexity index is 1180. The van der Waals surface area contributed by atoms with Crippen LogP contribution < -0.4 is 9.47 Å². The molecule has 2 heterocycles. The summed E-state index contributed by atoms with van der Waals surface area (Å²) in [7, 11) is 1.64. The maximum atomic E-state index is 8.95. The molecular formula is C24H22N4O3. The third-order valence-electron chi connectivity index (χ3n) is 4.64. The fraction of sp³-hybridized carbons (Fsp3) is 0.208. The van der Waals surface area contributed by atoms with Crippen LogP contribution in [-0.4, -0.2) is 34.8 Å². The zero-order chi connectivity index (χ0) is 21.6. The van der Waals surface area contributed by atoms with Crippen molar-refractivity contribution < 1.29 is 14.2 Å². The van der Waals surface area contributed by atoms with E-state index >= 15 is 0 Å². The Morgan fingerprint density at radius 3 is 2.65 bits per heavy atom. The first-order valence-corrected chi connectivity index (χ1v) is 9.88. The number of nitrogens with one attached hydrogen (secondary N) is 1. The van der Waals surface area contributed by atoms with Gasteiger partial charge in [0.1, 0.15) is 30.0 Å². The van der Waals surface area contributed by atoms with Crippen molar-refractivity contribution in [2.24, 2.45) is 0 Å². The van der Waals surface area contributed by atoms with Gasteiger partial charge in [-0.25, -0.2) is 9.97 Å². The number of hydrogen-bond donors (Lipinski definition) is 1. The van der Waals surface area contributed by atoms with Gasteiger partial charge in [0, 0.05) is 24.9 Å². The van der Waals surface area contributed by atoms with E-state index < -0.39 is 0 Å². The topological polar surface area (TPSA) is 93.1 Å². The van der Waals surface area contributed by atoms with Gasteiger partial charge < -0.3 is 19.2 Å². The fourth-order valence-electron chi connectivity index (χ4n) is 3.18. The van der Waals surface area contributed by atoms with E-state index in [0.29, 0.717) is 41.7 Å². The number of aromatic amines is 1. The van der Waals surface area contributed by atoms with Crippen LogP contribution in [0.1, 0.15) is 18.1 Å². The Labute approximate surface area is 180 Å². The summed E-state index contributed by atoms with van der Waals surface area (Å²) < 4.78 is 17.2. The minimum atomic E-state index is -0.121. The van der Waals surface area contributed by atoms with Gasteiger partial charge in [-0.2, -0.15) is 5.26 Å². The van der Waals surface area contributed by atoms with Crippen molar-refractivity contribution in [3.63, 3.8) is 0 Å². The van der Waals surface area contributed by atoms with Crippen LogP contribution in [0.25, 0.3) is 22.6 Å². The number of rotatable bonds is 8. The molecule has 2 aromatic heterocycles. The summed E-state index contributed by atoms with van der Waals surface area (Å²) >= 11 is 0. The quantitative estimate of drug-likeness (QED) is 0.457. The predicted octanol–water partition coefficient (Wildman–Crippen LogP) is 4.49. The SMILES string of the molecule is COC[C@H](C)Oc1cc(OCc2ccc(C#N)cc2)cc(-c2nc3ncccc3[nH]2)c1. The van der Waals surface area contributed by atoms with Crippen molar-refractivity contribution in [2.75, 3.05) is 13.7 Å².